The van der Waals surface area contributed by atoms with Crippen molar-refractivity contribution in [3.05, 3.63) is 59.9 Å². The summed E-state index contributed by atoms with van der Waals surface area (Å²) in [6.45, 7) is 11.4. The van der Waals surface area contributed by atoms with Crippen LogP contribution in [-0.4, -0.2) is 57.6 Å². The van der Waals surface area contributed by atoms with Gasteiger partial charge in [-0.05, 0) is 96.1 Å². The van der Waals surface area contributed by atoms with Crippen LogP contribution in [0.15, 0.2) is 69.8 Å². The fourth-order valence-corrected chi connectivity index (χ4v) is 5.66. The molecule has 1 atom stereocenters. The summed E-state index contributed by atoms with van der Waals surface area (Å²) in [6.07, 6.45) is 3.97. The Morgan fingerprint density at radius 3 is 2.51 bits per heavy atom. The number of hydrogen-bond acceptors (Lipinski definition) is 8. The van der Waals surface area contributed by atoms with E-state index in [-0.39, 0.29) is 11.2 Å². The molecule has 4 N–H and O–H groups in total. The maximum atomic E-state index is 12.7. The zero-order chi connectivity index (χ0) is 26.5. The zero-order valence-electron chi connectivity index (χ0n) is 22.0. The largest absolute Gasteiger partial charge is 0.492 e. The highest BCUT2D eigenvalue weighted by Crippen LogP contribution is 2.21. The first-order valence-corrected chi connectivity index (χ1v) is 14.2. The van der Waals surface area contributed by atoms with Crippen molar-refractivity contribution in [2.75, 3.05) is 36.9 Å². The average molecular weight is 527 g/mol. The van der Waals surface area contributed by atoms with E-state index >= 15 is 0 Å². The van der Waals surface area contributed by atoms with Crippen LogP contribution in [-0.2, 0) is 10.0 Å². The van der Waals surface area contributed by atoms with E-state index in [9.17, 15) is 8.42 Å². The van der Waals surface area contributed by atoms with Gasteiger partial charge in [-0.3, -0.25) is 4.90 Å². The molecule has 0 spiro atoms. The summed E-state index contributed by atoms with van der Waals surface area (Å²) in [5.74, 6) is 1.59. The molecular formula is C27H38N6O3S. The van der Waals surface area contributed by atoms with Crippen molar-refractivity contribution in [2.24, 2.45) is 4.99 Å². The van der Waals surface area contributed by atoms with Crippen LogP contribution in [0.1, 0.15) is 40.5 Å². The SMILES string of the molecule is CC1=C(Nc2cccc(S(=O)(=O)NC(C)(C)C)c2)NC(Nc2ccc(OCCN3CCCC3)cc2)N=C1. The molecule has 1 saturated heterocycles. The number of nitrogens with zero attached hydrogens (tertiary/aromatic N) is 2. The predicted octanol–water partition coefficient (Wildman–Crippen LogP) is 3.95. The van der Waals surface area contributed by atoms with E-state index < -0.39 is 15.6 Å². The van der Waals surface area contributed by atoms with Gasteiger partial charge in [-0.15, -0.1) is 0 Å². The summed E-state index contributed by atoms with van der Waals surface area (Å²) >= 11 is 0. The minimum absolute atomic E-state index is 0.201. The lowest BCUT2D eigenvalue weighted by molar-refractivity contribution is 0.238. The molecule has 37 heavy (non-hydrogen) atoms. The number of likely N-dealkylation sites (tertiary alicyclic amines) is 1. The second kappa shape index (κ2) is 11.5. The third-order valence-electron chi connectivity index (χ3n) is 5.98. The lowest BCUT2D eigenvalue weighted by Gasteiger charge is -2.26. The summed E-state index contributed by atoms with van der Waals surface area (Å²) in [5.41, 5.74) is 1.89. The van der Waals surface area contributed by atoms with Crippen molar-refractivity contribution in [3.8, 4) is 5.75 Å². The molecule has 0 saturated carbocycles. The first kappa shape index (κ1) is 27.0. The monoisotopic (exact) mass is 526 g/mol. The molecule has 10 heteroatoms. The van der Waals surface area contributed by atoms with Crippen LogP contribution in [0.3, 0.4) is 0 Å². The summed E-state index contributed by atoms with van der Waals surface area (Å²) in [5, 5.41) is 9.99. The van der Waals surface area contributed by atoms with E-state index in [0.717, 1.165) is 29.4 Å². The van der Waals surface area contributed by atoms with Gasteiger partial charge in [0.25, 0.3) is 0 Å². The number of benzene rings is 2. The van der Waals surface area contributed by atoms with E-state index in [0.29, 0.717) is 12.3 Å². The molecule has 1 fully saturated rings. The van der Waals surface area contributed by atoms with E-state index in [2.05, 4.69) is 30.6 Å². The summed E-state index contributed by atoms with van der Waals surface area (Å²) in [6, 6.07) is 14.6. The van der Waals surface area contributed by atoms with E-state index in [1.54, 1.807) is 24.4 Å². The molecule has 2 aliphatic heterocycles. The van der Waals surface area contributed by atoms with Crippen LogP contribution in [0, 0.1) is 0 Å². The molecule has 2 aromatic carbocycles. The van der Waals surface area contributed by atoms with Gasteiger partial charge in [-0.25, -0.2) is 18.1 Å². The highest BCUT2D eigenvalue weighted by Gasteiger charge is 2.22. The molecule has 0 aromatic heterocycles. The van der Waals surface area contributed by atoms with Crippen LogP contribution in [0.5, 0.6) is 5.75 Å². The van der Waals surface area contributed by atoms with Gasteiger partial charge in [0, 0.05) is 35.2 Å². The van der Waals surface area contributed by atoms with E-state index in [1.165, 1.54) is 25.9 Å². The maximum absolute atomic E-state index is 12.7. The Kier molecular flexibility index (Phi) is 8.41. The molecule has 0 radical (unpaired) electrons. The van der Waals surface area contributed by atoms with Crippen molar-refractivity contribution in [3.63, 3.8) is 0 Å². The molecular weight excluding hydrogens is 488 g/mol. The summed E-state index contributed by atoms with van der Waals surface area (Å²) in [4.78, 5) is 7.16. The molecule has 0 amide bonds. The van der Waals surface area contributed by atoms with Crippen molar-refractivity contribution < 1.29 is 13.2 Å². The number of hydrogen-bond donors (Lipinski definition) is 4. The van der Waals surface area contributed by atoms with Gasteiger partial charge in [-0.1, -0.05) is 6.07 Å². The van der Waals surface area contributed by atoms with Crippen molar-refractivity contribution >= 4 is 27.6 Å². The minimum atomic E-state index is -3.64. The van der Waals surface area contributed by atoms with E-state index in [1.807, 2.05) is 58.0 Å². The molecule has 2 aromatic rings. The fourth-order valence-electron chi connectivity index (χ4n) is 4.20. The average Bonchev–Trinajstić information content (AvgIpc) is 3.35. The van der Waals surface area contributed by atoms with Crippen molar-refractivity contribution in [2.45, 2.75) is 57.3 Å². The number of anilines is 2. The van der Waals surface area contributed by atoms with Crippen molar-refractivity contribution in [1.29, 1.82) is 0 Å². The van der Waals surface area contributed by atoms with E-state index in [4.69, 9.17) is 4.74 Å². The lowest BCUT2D eigenvalue weighted by atomic mass is 10.1. The topological polar surface area (TPSA) is 107 Å². The molecule has 4 rings (SSSR count). The normalized spacial score (nSPS) is 18.5. The first-order chi connectivity index (χ1) is 17.6. The zero-order valence-corrected chi connectivity index (χ0v) is 22.9. The smallest absolute Gasteiger partial charge is 0.241 e. The van der Waals surface area contributed by atoms with Crippen molar-refractivity contribution in [1.82, 2.24) is 14.9 Å². The predicted molar refractivity (Wildman–Crippen MR) is 149 cm³/mol. The second-order valence-corrected chi connectivity index (χ2v) is 12.1. The highest BCUT2D eigenvalue weighted by molar-refractivity contribution is 7.89. The van der Waals surface area contributed by atoms with Crippen LogP contribution in [0.2, 0.25) is 0 Å². The third-order valence-corrected chi connectivity index (χ3v) is 7.74. The van der Waals surface area contributed by atoms with Gasteiger partial charge in [0.15, 0.2) is 6.29 Å². The molecule has 0 bridgehead atoms. The Balaban J connectivity index is 1.33. The molecule has 1 unspecified atom stereocenters. The lowest BCUT2D eigenvalue weighted by Crippen LogP contribution is -2.40. The Morgan fingerprint density at radius 1 is 1.08 bits per heavy atom. The highest BCUT2D eigenvalue weighted by atomic mass is 32.2. The van der Waals surface area contributed by atoms with Gasteiger partial charge in [0.1, 0.15) is 18.2 Å². The van der Waals surface area contributed by atoms with Gasteiger partial charge in [0.05, 0.1) is 4.90 Å². The number of nitrogens with one attached hydrogen (secondary N) is 4. The molecule has 200 valence electrons. The number of rotatable bonds is 10. The standard InChI is InChI=1S/C27H38N6O3S/c1-20-19-28-26(30-21-10-12-23(13-11-21)36-17-16-33-14-5-6-15-33)31-25(20)29-22-8-7-9-24(18-22)37(34,35)32-27(2,3)4/h7-13,18-19,26,29-32H,5-6,14-17H2,1-4H3. The van der Waals surface area contributed by atoms with Crippen LogP contribution < -0.4 is 25.4 Å². The Labute approximate surface area is 220 Å². The number of aliphatic imine (C=N–C) groups is 1. The molecule has 2 heterocycles. The summed E-state index contributed by atoms with van der Waals surface area (Å²) in [7, 11) is -3.64. The molecule has 2 aliphatic rings. The molecule has 0 aliphatic carbocycles. The van der Waals surface area contributed by atoms with Gasteiger partial charge in [0.2, 0.25) is 10.0 Å². The number of allylic oxidation sites excluding steroid dienone is 1. The Hall–Kier alpha value is -3.08. The number of sulfonamides is 1. The fraction of sp³-hybridized carbons (Fsp3) is 0.444. The van der Waals surface area contributed by atoms with Crippen LogP contribution in [0.4, 0.5) is 11.4 Å². The Bertz CT molecular complexity index is 1230. The Morgan fingerprint density at radius 2 is 1.81 bits per heavy atom. The van der Waals surface area contributed by atoms with Gasteiger partial charge < -0.3 is 20.7 Å². The number of ether oxygens (including phenoxy) is 1. The quantitative estimate of drug-likeness (QED) is 0.371. The second-order valence-electron chi connectivity index (χ2n) is 10.5. The van der Waals surface area contributed by atoms with Gasteiger partial charge >= 0.3 is 0 Å². The molecule has 9 nitrogen and oxygen atoms in total. The third kappa shape index (κ3) is 7.95. The first-order valence-electron chi connectivity index (χ1n) is 12.7. The maximum Gasteiger partial charge on any atom is 0.241 e. The summed E-state index contributed by atoms with van der Waals surface area (Å²) < 4.78 is 34.1. The van der Waals surface area contributed by atoms with Gasteiger partial charge in [-0.2, -0.15) is 0 Å². The van der Waals surface area contributed by atoms with Crippen LogP contribution >= 0.6 is 0 Å². The van der Waals surface area contributed by atoms with Crippen LogP contribution in [0.25, 0.3) is 0 Å². The minimum Gasteiger partial charge on any atom is -0.492 e.